The smallest absolute Gasteiger partial charge is 0.0667 e. The van der Waals surface area contributed by atoms with Crippen molar-refractivity contribution in [1.82, 2.24) is 9.88 Å². The van der Waals surface area contributed by atoms with Gasteiger partial charge in [0, 0.05) is 37.4 Å². The SMILES string of the molecule is OC1CCCN(Cc2cncc(N3CCc4cc(Cl)ccc4C3)c2)C1. The number of halogens is 1. The van der Waals surface area contributed by atoms with Crippen molar-refractivity contribution in [2.24, 2.45) is 0 Å². The third-order valence-corrected chi connectivity index (χ3v) is 5.45. The molecule has 1 N–H and O–H groups in total. The van der Waals surface area contributed by atoms with E-state index in [9.17, 15) is 5.11 Å². The molecule has 5 heteroatoms. The van der Waals surface area contributed by atoms with Crippen LogP contribution in [0.3, 0.4) is 0 Å². The van der Waals surface area contributed by atoms with Gasteiger partial charge in [-0.05, 0) is 60.7 Å². The van der Waals surface area contributed by atoms with Crippen LogP contribution >= 0.6 is 11.6 Å². The highest BCUT2D eigenvalue weighted by Crippen LogP contribution is 2.27. The van der Waals surface area contributed by atoms with E-state index < -0.39 is 0 Å². The Morgan fingerprint density at radius 2 is 2.08 bits per heavy atom. The third kappa shape index (κ3) is 3.97. The van der Waals surface area contributed by atoms with Crippen LogP contribution in [0, 0.1) is 0 Å². The first-order valence-electron chi connectivity index (χ1n) is 9.04. The zero-order valence-electron chi connectivity index (χ0n) is 14.4. The maximum Gasteiger partial charge on any atom is 0.0667 e. The monoisotopic (exact) mass is 357 g/mol. The van der Waals surface area contributed by atoms with Crippen molar-refractivity contribution in [3.05, 3.63) is 58.4 Å². The van der Waals surface area contributed by atoms with Crippen LogP contribution in [0.5, 0.6) is 0 Å². The summed E-state index contributed by atoms with van der Waals surface area (Å²) >= 11 is 6.11. The zero-order chi connectivity index (χ0) is 17.2. The van der Waals surface area contributed by atoms with Gasteiger partial charge in [0.15, 0.2) is 0 Å². The summed E-state index contributed by atoms with van der Waals surface area (Å²) in [6, 6.07) is 8.44. The number of hydrogen-bond donors (Lipinski definition) is 1. The van der Waals surface area contributed by atoms with Gasteiger partial charge in [0.05, 0.1) is 18.0 Å². The molecule has 0 radical (unpaired) electrons. The molecule has 1 unspecified atom stereocenters. The summed E-state index contributed by atoms with van der Waals surface area (Å²) < 4.78 is 0. The highest BCUT2D eigenvalue weighted by atomic mass is 35.5. The van der Waals surface area contributed by atoms with E-state index >= 15 is 0 Å². The molecule has 1 saturated heterocycles. The van der Waals surface area contributed by atoms with Crippen molar-refractivity contribution >= 4 is 17.3 Å². The Morgan fingerprint density at radius 1 is 1.16 bits per heavy atom. The molecule has 0 bridgehead atoms. The number of hydrogen-bond acceptors (Lipinski definition) is 4. The number of fused-ring (bicyclic) bond motifs is 1. The number of aliphatic hydroxyl groups excluding tert-OH is 1. The van der Waals surface area contributed by atoms with Crippen molar-refractivity contribution in [3.63, 3.8) is 0 Å². The van der Waals surface area contributed by atoms with Crippen molar-refractivity contribution in [3.8, 4) is 0 Å². The first-order chi connectivity index (χ1) is 12.2. The number of aliphatic hydroxyl groups is 1. The van der Waals surface area contributed by atoms with Gasteiger partial charge in [-0.3, -0.25) is 9.88 Å². The third-order valence-electron chi connectivity index (χ3n) is 5.21. The maximum atomic E-state index is 9.85. The number of benzene rings is 1. The van der Waals surface area contributed by atoms with Gasteiger partial charge >= 0.3 is 0 Å². The summed E-state index contributed by atoms with van der Waals surface area (Å²) in [4.78, 5) is 9.17. The van der Waals surface area contributed by atoms with Gasteiger partial charge in [-0.1, -0.05) is 17.7 Å². The molecule has 132 valence electrons. The molecule has 1 atom stereocenters. The van der Waals surface area contributed by atoms with E-state index in [0.29, 0.717) is 0 Å². The van der Waals surface area contributed by atoms with Gasteiger partial charge in [0.1, 0.15) is 0 Å². The number of anilines is 1. The molecule has 1 fully saturated rings. The van der Waals surface area contributed by atoms with E-state index in [1.54, 1.807) is 0 Å². The van der Waals surface area contributed by atoms with Crippen molar-refractivity contribution in [2.75, 3.05) is 24.5 Å². The van der Waals surface area contributed by atoms with E-state index in [2.05, 4.69) is 33.0 Å². The number of pyridine rings is 1. The van der Waals surface area contributed by atoms with Gasteiger partial charge in [-0.2, -0.15) is 0 Å². The second-order valence-electron chi connectivity index (χ2n) is 7.17. The van der Waals surface area contributed by atoms with Crippen molar-refractivity contribution in [2.45, 2.75) is 38.5 Å². The fourth-order valence-corrected chi connectivity index (χ4v) is 4.10. The fraction of sp³-hybridized carbons (Fsp3) is 0.450. The van der Waals surface area contributed by atoms with E-state index in [1.807, 2.05) is 18.5 Å². The molecule has 4 rings (SSSR count). The fourth-order valence-electron chi connectivity index (χ4n) is 3.91. The second-order valence-corrected chi connectivity index (χ2v) is 7.60. The maximum absolute atomic E-state index is 9.85. The minimum atomic E-state index is -0.185. The quantitative estimate of drug-likeness (QED) is 0.915. The summed E-state index contributed by atoms with van der Waals surface area (Å²) in [7, 11) is 0. The lowest BCUT2D eigenvalue weighted by atomic mass is 9.99. The average molecular weight is 358 g/mol. The van der Waals surface area contributed by atoms with E-state index in [1.165, 1.54) is 22.4 Å². The Morgan fingerprint density at radius 3 is 2.96 bits per heavy atom. The highest BCUT2D eigenvalue weighted by Gasteiger charge is 2.20. The molecule has 3 heterocycles. The van der Waals surface area contributed by atoms with Gasteiger partial charge in [0.25, 0.3) is 0 Å². The standard InChI is InChI=1S/C20H24ClN3O/c21-18-4-3-17-13-24(7-5-16(17)9-18)19-8-15(10-22-11-19)12-23-6-1-2-20(25)14-23/h3-4,8-11,20,25H,1-2,5-7,12-14H2. The number of rotatable bonds is 3. The second kappa shape index (κ2) is 7.32. The largest absolute Gasteiger partial charge is 0.392 e. The number of aromatic nitrogens is 1. The summed E-state index contributed by atoms with van der Waals surface area (Å²) in [5.41, 5.74) is 5.10. The van der Waals surface area contributed by atoms with Gasteiger partial charge in [-0.15, -0.1) is 0 Å². The minimum absolute atomic E-state index is 0.185. The van der Waals surface area contributed by atoms with Crippen LogP contribution in [-0.2, 0) is 19.5 Å². The lowest BCUT2D eigenvalue weighted by molar-refractivity contribution is 0.0668. The van der Waals surface area contributed by atoms with Crippen molar-refractivity contribution < 1.29 is 5.11 Å². The Balaban J connectivity index is 1.47. The first-order valence-corrected chi connectivity index (χ1v) is 9.42. The number of β-amino-alcohol motifs (C(OH)–C–C–N with tert-alkyl or cyclic N) is 1. The number of piperidine rings is 1. The Labute approximate surface area is 154 Å². The minimum Gasteiger partial charge on any atom is -0.392 e. The van der Waals surface area contributed by atoms with Gasteiger partial charge in [-0.25, -0.2) is 0 Å². The normalized spacial score (nSPS) is 21.2. The van der Waals surface area contributed by atoms with Crippen LogP contribution in [-0.4, -0.2) is 40.7 Å². The van der Waals surface area contributed by atoms with Crippen molar-refractivity contribution in [1.29, 1.82) is 0 Å². The molecule has 2 aromatic rings. The molecule has 0 amide bonds. The molecule has 4 nitrogen and oxygen atoms in total. The van der Waals surface area contributed by atoms with E-state index in [-0.39, 0.29) is 6.10 Å². The summed E-state index contributed by atoms with van der Waals surface area (Å²) in [5.74, 6) is 0. The lowest BCUT2D eigenvalue weighted by Gasteiger charge is -2.32. The van der Waals surface area contributed by atoms with Gasteiger partial charge < -0.3 is 10.0 Å². The molecule has 0 aliphatic carbocycles. The molecule has 0 saturated carbocycles. The topological polar surface area (TPSA) is 39.6 Å². The van der Waals surface area contributed by atoms with Crippen LogP contribution in [0.15, 0.2) is 36.7 Å². The van der Waals surface area contributed by atoms with Crippen LogP contribution < -0.4 is 4.90 Å². The summed E-state index contributed by atoms with van der Waals surface area (Å²) in [5, 5.41) is 10.7. The van der Waals surface area contributed by atoms with Crippen LogP contribution in [0.4, 0.5) is 5.69 Å². The molecule has 25 heavy (non-hydrogen) atoms. The zero-order valence-corrected chi connectivity index (χ0v) is 15.1. The van der Waals surface area contributed by atoms with E-state index in [4.69, 9.17) is 11.6 Å². The molecule has 1 aromatic heterocycles. The molecule has 2 aliphatic rings. The number of nitrogens with zero attached hydrogens (tertiary/aromatic N) is 3. The highest BCUT2D eigenvalue weighted by molar-refractivity contribution is 6.30. The van der Waals surface area contributed by atoms with Crippen LogP contribution in [0.25, 0.3) is 0 Å². The first kappa shape index (κ1) is 16.8. The average Bonchev–Trinajstić information content (AvgIpc) is 2.61. The molecular weight excluding hydrogens is 334 g/mol. The number of likely N-dealkylation sites (tertiary alicyclic amines) is 1. The predicted octanol–water partition coefficient (Wildman–Crippen LogP) is 3.25. The molecular formula is C20H24ClN3O. The Kier molecular flexibility index (Phi) is 4.93. The summed E-state index contributed by atoms with van der Waals surface area (Å²) in [6.07, 6.45) is 6.72. The van der Waals surface area contributed by atoms with Crippen LogP contribution in [0.1, 0.15) is 29.5 Å². The van der Waals surface area contributed by atoms with E-state index in [0.717, 1.165) is 57.0 Å². The molecule has 2 aliphatic heterocycles. The Bertz CT molecular complexity index is 751. The van der Waals surface area contributed by atoms with Crippen LogP contribution in [0.2, 0.25) is 5.02 Å². The Hall–Kier alpha value is -1.62. The predicted molar refractivity (Wildman–Crippen MR) is 101 cm³/mol. The lowest BCUT2D eigenvalue weighted by Crippen LogP contribution is -2.37. The molecule has 0 spiro atoms. The van der Waals surface area contributed by atoms with Gasteiger partial charge in [0.2, 0.25) is 0 Å². The molecule has 1 aromatic carbocycles. The summed E-state index contributed by atoms with van der Waals surface area (Å²) in [6.45, 7) is 4.57.